The van der Waals surface area contributed by atoms with Crippen LogP contribution in [0, 0.1) is 0 Å². The van der Waals surface area contributed by atoms with Gasteiger partial charge < -0.3 is 21.3 Å². The molecule has 0 aliphatic carbocycles. The van der Waals surface area contributed by atoms with Gasteiger partial charge in [0.05, 0.1) is 0 Å². The summed E-state index contributed by atoms with van der Waals surface area (Å²) in [6.45, 7) is 20.6. The van der Waals surface area contributed by atoms with Crippen molar-refractivity contribution in [2.45, 2.75) is 75.3 Å². The number of hydrogen-bond donors (Lipinski definition) is 4. The molecular weight excluding hydrogens is 550 g/mol. The van der Waals surface area contributed by atoms with E-state index in [1.165, 1.54) is 33.4 Å². The van der Waals surface area contributed by atoms with Gasteiger partial charge in [0.2, 0.25) is 0 Å². The van der Waals surface area contributed by atoms with Gasteiger partial charge >= 0.3 is 0 Å². The fourth-order valence-electron chi connectivity index (χ4n) is 7.14. The molecule has 0 bridgehead atoms. The Morgan fingerprint density at radius 2 is 1.12 bits per heavy atom. The fourth-order valence-corrected chi connectivity index (χ4v) is 11.4. The van der Waals surface area contributed by atoms with Gasteiger partial charge in [0, 0.05) is 56.5 Å². The quantitative estimate of drug-likeness (QED) is 0.225. The Balaban J connectivity index is 1.80. The Bertz CT molecular complexity index is 1270. The normalized spacial score (nSPS) is 21.7. The van der Waals surface area contributed by atoms with Crippen LogP contribution in [-0.2, 0) is 11.3 Å². The third kappa shape index (κ3) is 6.86. The summed E-state index contributed by atoms with van der Waals surface area (Å²) in [4.78, 5) is 0. The third-order valence-electron chi connectivity index (χ3n) is 9.06. The maximum Gasteiger partial charge on any atom is 0.0429 e. The van der Waals surface area contributed by atoms with Crippen molar-refractivity contribution in [2.24, 2.45) is 0 Å². The molecule has 2 aliphatic rings. The second-order valence-electron chi connectivity index (χ2n) is 14.1. The highest BCUT2D eigenvalue weighted by Crippen LogP contribution is 2.62. The molecule has 4 N–H and O–H groups in total. The highest BCUT2D eigenvalue weighted by atomic mass is 31.1. The largest absolute Gasteiger partial charge is 0.314 e. The van der Waals surface area contributed by atoms with Crippen LogP contribution in [0.3, 0.4) is 0 Å². The number of nitrogens with one attached hydrogen (secondary N) is 4. The minimum absolute atomic E-state index is 0.203. The molecule has 0 spiro atoms. The first-order chi connectivity index (χ1) is 20.0. The highest BCUT2D eigenvalue weighted by molar-refractivity contribution is 7.60. The zero-order chi connectivity index (χ0) is 30.0. The van der Waals surface area contributed by atoms with E-state index >= 15 is 0 Å². The van der Waals surface area contributed by atoms with Gasteiger partial charge in [0.1, 0.15) is 0 Å². The van der Waals surface area contributed by atoms with E-state index in [1.54, 1.807) is 0 Å². The average molecular weight is 603 g/mol. The van der Waals surface area contributed by atoms with Crippen LogP contribution in [0.4, 0.5) is 0 Å². The number of rotatable bonds is 7. The molecule has 0 radical (unpaired) electrons. The van der Waals surface area contributed by atoms with Gasteiger partial charge in [-0.05, 0) is 62.0 Å². The molecule has 2 fully saturated rings. The summed E-state index contributed by atoms with van der Waals surface area (Å²) < 4.78 is 0. The summed E-state index contributed by atoms with van der Waals surface area (Å²) in [5, 5.41) is 15.6. The lowest BCUT2D eigenvalue weighted by Gasteiger charge is -2.49. The second-order valence-corrected chi connectivity index (χ2v) is 18.9. The van der Waals surface area contributed by atoms with Crippen molar-refractivity contribution in [1.82, 2.24) is 21.3 Å². The minimum atomic E-state index is -0.344. The Labute approximate surface area is 258 Å². The van der Waals surface area contributed by atoms with Gasteiger partial charge in [-0.15, -0.1) is 9.24 Å². The van der Waals surface area contributed by atoms with Crippen LogP contribution in [0.15, 0.2) is 72.8 Å². The standard InChI is InChI=1S/C36H52N4P2/c1-34(2,3)42(35(4,5)6)25-28-21-29(26-13-9-7-10-14-26)30(27-15-11-8-12-16-27)22-31(28)36(41,32-23-37-17-19-39-32)33-24-38-18-20-40-33/h7-16,21-22,32-33,37-40H,17-20,23-25,41H2,1-6H3. The summed E-state index contributed by atoms with van der Waals surface area (Å²) in [6, 6.07) is 27.7. The van der Waals surface area contributed by atoms with Crippen molar-refractivity contribution in [2.75, 3.05) is 39.3 Å². The summed E-state index contributed by atoms with van der Waals surface area (Å²) in [6.07, 6.45) is 1.10. The van der Waals surface area contributed by atoms with E-state index in [0.29, 0.717) is 0 Å². The molecule has 3 aromatic rings. The van der Waals surface area contributed by atoms with Crippen LogP contribution >= 0.6 is 17.2 Å². The topological polar surface area (TPSA) is 48.1 Å². The van der Waals surface area contributed by atoms with Crippen LogP contribution in [0.5, 0.6) is 0 Å². The first kappa shape index (κ1) is 31.8. The smallest absolute Gasteiger partial charge is 0.0429 e. The van der Waals surface area contributed by atoms with Crippen molar-refractivity contribution in [3.8, 4) is 22.3 Å². The lowest BCUT2D eigenvalue weighted by atomic mass is 9.77. The van der Waals surface area contributed by atoms with E-state index in [0.717, 1.165) is 45.4 Å². The molecular formula is C36H52N4P2. The summed E-state index contributed by atoms with van der Waals surface area (Å²) >= 11 is 0. The Hall–Kier alpha value is -1.64. The lowest BCUT2D eigenvalue weighted by molar-refractivity contribution is 0.255. The molecule has 3 unspecified atom stereocenters. The van der Waals surface area contributed by atoms with Crippen LogP contribution < -0.4 is 21.3 Å². The lowest BCUT2D eigenvalue weighted by Crippen LogP contribution is -2.66. The van der Waals surface area contributed by atoms with Gasteiger partial charge in [0.25, 0.3) is 0 Å². The van der Waals surface area contributed by atoms with Gasteiger partial charge in [-0.25, -0.2) is 0 Å². The SMILES string of the molecule is CC(C)(C)P(Cc1cc(-c2ccccc2)c(-c2ccccc2)cc1C(P)(C1CNCCN1)C1CNCCN1)C(C)(C)C. The van der Waals surface area contributed by atoms with Crippen LogP contribution in [0.1, 0.15) is 52.7 Å². The molecule has 2 heterocycles. The van der Waals surface area contributed by atoms with Crippen LogP contribution in [-0.4, -0.2) is 61.7 Å². The molecule has 2 saturated heterocycles. The van der Waals surface area contributed by atoms with Crippen molar-refractivity contribution >= 4 is 17.2 Å². The van der Waals surface area contributed by atoms with E-state index < -0.39 is 0 Å². The first-order valence-corrected chi connectivity index (χ1v) is 17.8. The van der Waals surface area contributed by atoms with Crippen molar-refractivity contribution < 1.29 is 0 Å². The molecule has 226 valence electrons. The number of hydrogen-bond acceptors (Lipinski definition) is 4. The van der Waals surface area contributed by atoms with Crippen LogP contribution in [0.25, 0.3) is 22.3 Å². The van der Waals surface area contributed by atoms with Gasteiger partial charge in [-0.1, -0.05) is 110 Å². The Morgan fingerprint density at radius 1 is 0.667 bits per heavy atom. The Morgan fingerprint density at radius 3 is 1.52 bits per heavy atom. The molecule has 0 aromatic heterocycles. The third-order valence-corrected chi connectivity index (χ3v) is 14.1. The maximum atomic E-state index is 3.96. The Kier molecular flexibility index (Phi) is 9.95. The molecule has 0 saturated carbocycles. The van der Waals surface area contributed by atoms with E-state index in [2.05, 4.69) is 145 Å². The molecule has 3 aromatic carbocycles. The average Bonchev–Trinajstić information content (AvgIpc) is 2.99. The minimum Gasteiger partial charge on any atom is -0.314 e. The van der Waals surface area contributed by atoms with Gasteiger partial charge in [-0.3, -0.25) is 0 Å². The van der Waals surface area contributed by atoms with Crippen LogP contribution in [0.2, 0.25) is 0 Å². The summed E-state index contributed by atoms with van der Waals surface area (Å²) in [5.74, 6) is 0. The highest BCUT2D eigenvalue weighted by Gasteiger charge is 2.46. The summed E-state index contributed by atoms with van der Waals surface area (Å²) in [5.41, 5.74) is 8.17. The molecule has 6 heteroatoms. The first-order valence-electron chi connectivity index (χ1n) is 15.7. The molecule has 3 atom stereocenters. The molecule has 42 heavy (non-hydrogen) atoms. The van der Waals surface area contributed by atoms with E-state index in [1.807, 2.05) is 0 Å². The molecule has 0 amide bonds. The number of piperazine rings is 2. The maximum absolute atomic E-state index is 3.96. The van der Waals surface area contributed by atoms with Crippen molar-refractivity contribution in [3.63, 3.8) is 0 Å². The predicted octanol–water partition coefficient (Wildman–Crippen LogP) is 6.79. The second kappa shape index (κ2) is 13.2. The monoisotopic (exact) mass is 602 g/mol. The molecule has 4 nitrogen and oxygen atoms in total. The fraction of sp³-hybridized carbons (Fsp3) is 0.500. The predicted molar refractivity (Wildman–Crippen MR) is 188 cm³/mol. The molecule has 5 rings (SSSR count). The van der Waals surface area contributed by atoms with Gasteiger partial charge in [0.15, 0.2) is 0 Å². The number of benzene rings is 3. The summed E-state index contributed by atoms with van der Waals surface area (Å²) in [7, 11) is 3.09. The van der Waals surface area contributed by atoms with E-state index in [4.69, 9.17) is 0 Å². The van der Waals surface area contributed by atoms with Crippen molar-refractivity contribution in [3.05, 3.63) is 83.9 Å². The molecule has 2 aliphatic heterocycles. The van der Waals surface area contributed by atoms with Crippen molar-refractivity contribution in [1.29, 1.82) is 0 Å². The zero-order valence-corrected chi connectivity index (χ0v) is 28.6. The van der Waals surface area contributed by atoms with E-state index in [-0.39, 0.29) is 35.5 Å². The van der Waals surface area contributed by atoms with Gasteiger partial charge in [-0.2, -0.15) is 0 Å². The zero-order valence-electron chi connectivity index (χ0n) is 26.6. The van der Waals surface area contributed by atoms with E-state index in [9.17, 15) is 0 Å².